The second-order valence-electron chi connectivity index (χ2n) is 8.90. The number of carbonyl (C=O) groups excluding carboxylic acids is 1. The van der Waals surface area contributed by atoms with E-state index in [9.17, 15) is 13.2 Å². The van der Waals surface area contributed by atoms with Gasteiger partial charge in [-0.25, -0.2) is 18.0 Å². The zero-order valence-corrected chi connectivity index (χ0v) is 22.5. The average molecular weight is 545 g/mol. The molecule has 1 amide bonds. The lowest BCUT2D eigenvalue weighted by atomic mass is 10.0. The number of amides is 1. The Bertz CT molecular complexity index is 1650. The van der Waals surface area contributed by atoms with Gasteiger partial charge in [0.25, 0.3) is 15.9 Å². The van der Waals surface area contributed by atoms with Gasteiger partial charge in [0, 0.05) is 23.5 Å². The number of hydrogen-bond donors (Lipinski definition) is 2. The first kappa shape index (κ1) is 27.4. The highest BCUT2D eigenvalue weighted by atomic mass is 32.2. The van der Waals surface area contributed by atoms with E-state index in [1.807, 2.05) is 39.0 Å². The summed E-state index contributed by atoms with van der Waals surface area (Å²) in [6.07, 6.45) is 3.30. The monoisotopic (exact) mass is 544 g/mol. The maximum absolute atomic E-state index is 13.6. The molecule has 9 nitrogen and oxygen atoms in total. The molecule has 0 radical (unpaired) electrons. The lowest BCUT2D eigenvalue weighted by Crippen LogP contribution is -2.37. The molecule has 1 unspecified atom stereocenters. The zero-order chi connectivity index (χ0) is 28.0. The second-order valence-corrected chi connectivity index (χ2v) is 10.6. The first-order valence-corrected chi connectivity index (χ1v) is 13.8. The Labute approximate surface area is 227 Å². The van der Waals surface area contributed by atoms with Crippen molar-refractivity contribution in [2.75, 3.05) is 11.9 Å². The summed E-state index contributed by atoms with van der Waals surface area (Å²) >= 11 is 0. The summed E-state index contributed by atoms with van der Waals surface area (Å²) in [6.45, 7) is 13.2. The highest BCUT2D eigenvalue weighted by Crippen LogP contribution is 2.33. The van der Waals surface area contributed by atoms with Gasteiger partial charge in [0.1, 0.15) is 6.04 Å². The zero-order valence-electron chi connectivity index (χ0n) is 21.7. The van der Waals surface area contributed by atoms with E-state index in [-0.39, 0.29) is 16.7 Å². The van der Waals surface area contributed by atoms with Gasteiger partial charge >= 0.3 is 0 Å². The summed E-state index contributed by atoms with van der Waals surface area (Å²) in [6, 6.07) is 16.8. The molecule has 1 aromatic heterocycles. The molecule has 0 saturated heterocycles. The number of nitrogens with one attached hydrogen (secondary N) is 2. The summed E-state index contributed by atoms with van der Waals surface area (Å²) in [4.78, 5) is 20.8. The number of carbonyl (C=O) groups is 1. The van der Waals surface area contributed by atoms with Gasteiger partial charge in [-0.1, -0.05) is 24.3 Å². The van der Waals surface area contributed by atoms with Crippen LogP contribution in [0.5, 0.6) is 11.5 Å². The Morgan fingerprint density at radius 1 is 1.03 bits per heavy atom. The molecule has 10 heteroatoms. The number of aromatic nitrogens is 1. The van der Waals surface area contributed by atoms with Gasteiger partial charge in [0.15, 0.2) is 17.2 Å². The van der Waals surface area contributed by atoms with E-state index in [1.54, 1.807) is 36.7 Å². The van der Waals surface area contributed by atoms with Crippen LogP contribution in [0.25, 0.3) is 15.6 Å². The summed E-state index contributed by atoms with van der Waals surface area (Å²) in [5, 5.41) is 4.99. The van der Waals surface area contributed by atoms with Gasteiger partial charge in [-0.05, 0) is 74.2 Å². The van der Waals surface area contributed by atoms with Gasteiger partial charge in [0.2, 0.25) is 0 Å². The maximum Gasteiger partial charge on any atom is 0.262 e. The molecule has 200 valence electrons. The van der Waals surface area contributed by atoms with Crippen molar-refractivity contribution < 1.29 is 22.7 Å². The van der Waals surface area contributed by atoms with Crippen molar-refractivity contribution in [1.29, 1.82) is 0 Å². The predicted octanol–water partition coefficient (Wildman–Crippen LogP) is 5.63. The predicted molar refractivity (Wildman–Crippen MR) is 150 cm³/mol. The molecule has 2 N–H and O–H groups in total. The quantitative estimate of drug-likeness (QED) is 0.249. The molecule has 0 bridgehead atoms. The summed E-state index contributed by atoms with van der Waals surface area (Å²) in [7, 11) is -4.26. The fourth-order valence-electron chi connectivity index (χ4n) is 3.93. The second kappa shape index (κ2) is 11.8. The Balaban J connectivity index is 1.73. The molecule has 4 rings (SSSR count). The largest absolute Gasteiger partial charge is 0.490 e. The van der Waals surface area contributed by atoms with Gasteiger partial charge in [-0.15, -0.1) is 0 Å². The molecule has 0 spiro atoms. The normalized spacial score (nSPS) is 12.0. The van der Waals surface area contributed by atoms with Gasteiger partial charge in [-0.2, -0.15) is 0 Å². The Kier molecular flexibility index (Phi) is 8.32. The molecule has 39 heavy (non-hydrogen) atoms. The van der Waals surface area contributed by atoms with E-state index in [0.29, 0.717) is 29.4 Å². The lowest BCUT2D eigenvalue weighted by molar-refractivity contribution is -0.120. The number of sulfonamides is 1. The van der Waals surface area contributed by atoms with Crippen LogP contribution in [-0.2, 0) is 14.8 Å². The van der Waals surface area contributed by atoms with E-state index in [0.717, 1.165) is 10.8 Å². The minimum Gasteiger partial charge on any atom is -0.490 e. The van der Waals surface area contributed by atoms with Crippen molar-refractivity contribution in [2.24, 2.45) is 0 Å². The number of ether oxygens (including phenoxy) is 2. The SMILES string of the molecule is [C-]#[N+]c1cccc(S(=O)(=O)NC(=O)C(Nc2ccc3cnccc3c2)c2ccc(OC(C)C)c(OCC)c2)c1. The smallest absolute Gasteiger partial charge is 0.262 e. The number of anilines is 1. The van der Waals surface area contributed by atoms with Gasteiger partial charge < -0.3 is 14.8 Å². The first-order valence-electron chi connectivity index (χ1n) is 12.3. The van der Waals surface area contributed by atoms with Crippen LogP contribution in [0, 0.1) is 6.57 Å². The third-order valence-corrected chi connectivity index (χ3v) is 7.01. The van der Waals surface area contributed by atoms with Crippen LogP contribution < -0.4 is 19.5 Å². The van der Waals surface area contributed by atoms with Crippen LogP contribution in [0.15, 0.2) is 84.0 Å². The maximum atomic E-state index is 13.6. The minimum atomic E-state index is -4.26. The average Bonchev–Trinajstić information content (AvgIpc) is 2.92. The number of hydrogen-bond acceptors (Lipinski definition) is 7. The van der Waals surface area contributed by atoms with Crippen LogP contribution >= 0.6 is 0 Å². The number of nitrogens with zero attached hydrogens (tertiary/aromatic N) is 2. The molecule has 0 saturated carbocycles. The summed E-state index contributed by atoms with van der Waals surface area (Å²) < 4.78 is 40.0. The van der Waals surface area contributed by atoms with Crippen molar-refractivity contribution >= 4 is 38.1 Å². The molecule has 4 aromatic rings. The molecule has 3 aromatic carbocycles. The summed E-state index contributed by atoms with van der Waals surface area (Å²) in [5.74, 6) is 0.134. The standard InChI is InChI=1S/C29H28N4O5S/c1-5-37-27-16-21(10-12-26(27)38-19(2)3)28(32-24-11-9-22-18-31-14-13-20(22)15-24)29(34)33-39(35,36)25-8-6-7-23(17-25)30-4/h6-19,28,32H,5H2,1-3H3,(H,33,34). The van der Waals surface area contributed by atoms with E-state index >= 15 is 0 Å². The molecule has 0 aliphatic heterocycles. The van der Waals surface area contributed by atoms with Crippen LogP contribution in [0.2, 0.25) is 0 Å². The first-order chi connectivity index (χ1) is 18.7. The fourth-order valence-corrected chi connectivity index (χ4v) is 4.97. The van der Waals surface area contributed by atoms with E-state index in [4.69, 9.17) is 16.0 Å². The van der Waals surface area contributed by atoms with Crippen LogP contribution in [0.1, 0.15) is 32.4 Å². The van der Waals surface area contributed by atoms with E-state index in [2.05, 4.69) is 19.9 Å². The van der Waals surface area contributed by atoms with Crippen molar-refractivity contribution in [3.8, 4) is 11.5 Å². The number of benzene rings is 3. The Morgan fingerprint density at radius 3 is 2.59 bits per heavy atom. The fraction of sp³-hybridized carbons (Fsp3) is 0.207. The van der Waals surface area contributed by atoms with Gasteiger partial charge in [-0.3, -0.25) is 9.78 Å². The van der Waals surface area contributed by atoms with Crippen molar-refractivity contribution in [1.82, 2.24) is 9.71 Å². The Hall–Kier alpha value is -4.62. The molecule has 0 aliphatic rings. The minimum absolute atomic E-state index is 0.101. The lowest BCUT2D eigenvalue weighted by Gasteiger charge is -2.22. The number of fused-ring (bicyclic) bond motifs is 1. The highest BCUT2D eigenvalue weighted by molar-refractivity contribution is 7.90. The highest BCUT2D eigenvalue weighted by Gasteiger charge is 2.27. The molecule has 1 heterocycles. The Morgan fingerprint density at radius 2 is 1.85 bits per heavy atom. The molecular weight excluding hydrogens is 516 g/mol. The van der Waals surface area contributed by atoms with Crippen LogP contribution in [0.3, 0.4) is 0 Å². The number of pyridine rings is 1. The van der Waals surface area contributed by atoms with Crippen molar-refractivity contribution in [2.45, 2.75) is 37.8 Å². The van der Waals surface area contributed by atoms with Crippen LogP contribution in [0.4, 0.5) is 11.4 Å². The molecule has 1 atom stereocenters. The molecular formula is C29H28N4O5S. The van der Waals surface area contributed by atoms with E-state index in [1.165, 1.54) is 24.3 Å². The third kappa shape index (κ3) is 6.64. The van der Waals surface area contributed by atoms with Crippen LogP contribution in [-0.4, -0.2) is 32.0 Å². The summed E-state index contributed by atoms with van der Waals surface area (Å²) in [5.41, 5.74) is 1.21. The third-order valence-electron chi connectivity index (χ3n) is 5.67. The molecule has 0 fully saturated rings. The van der Waals surface area contributed by atoms with E-state index < -0.39 is 22.0 Å². The molecule has 0 aliphatic carbocycles. The van der Waals surface area contributed by atoms with Gasteiger partial charge in [0.05, 0.1) is 24.2 Å². The topological polar surface area (TPSA) is 111 Å². The number of rotatable bonds is 10. The van der Waals surface area contributed by atoms with Crippen molar-refractivity contribution in [3.05, 3.63) is 96.1 Å². The van der Waals surface area contributed by atoms with Crippen molar-refractivity contribution in [3.63, 3.8) is 0 Å².